The molecule has 0 bridgehead atoms. The van der Waals surface area contributed by atoms with Crippen LogP contribution in [-0.4, -0.2) is 10.9 Å². The van der Waals surface area contributed by atoms with Gasteiger partial charge in [-0.15, -0.1) is 0 Å². The molecule has 2 aromatic rings. The van der Waals surface area contributed by atoms with Gasteiger partial charge >= 0.3 is 0 Å². The van der Waals surface area contributed by atoms with Crippen LogP contribution >= 0.6 is 15.9 Å². The number of aryl methyl sites for hydroxylation is 2. The summed E-state index contributed by atoms with van der Waals surface area (Å²) < 4.78 is 0.755. The maximum Gasteiger partial charge on any atom is 0.224 e. The quantitative estimate of drug-likeness (QED) is 0.873. The molecule has 4 heteroatoms. The van der Waals surface area contributed by atoms with Crippen LogP contribution in [0.4, 0.5) is 5.69 Å². The van der Waals surface area contributed by atoms with Crippen LogP contribution in [0.15, 0.2) is 47.2 Å². The van der Waals surface area contributed by atoms with Crippen LogP contribution in [0.5, 0.6) is 0 Å². The highest BCUT2D eigenvalue weighted by Gasteiger charge is 2.03. The number of aromatic nitrogens is 1. The summed E-state index contributed by atoms with van der Waals surface area (Å²) in [5, 5.41) is 2.83. The molecule has 0 spiro atoms. The van der Waals surface area contributed by atoms with E-state index in [1.54, 1.807) is 12.3 Å². The molecular weight excluding hydrogens is 304 g/mol. The van der Waals surface area contributed by atoms with Crippen molar-refractivity contribution < 1.29 is 4.79 Å². The maximum atomic E-state index is 11.8. The number of benzene rings is 1. The molecule has 0 unspecified atom stereocenters. The zero-order valence-corrected chi connectivity index (χ0v) is 12.3. The van der Waals surface area contributed by atoms with Crippen LogP contribution in [0, 0.1) is 6.92 Å². The second-order valence-electron chi connectivity index (χ2n) is 4.40. The van der Waals surface area contributed by atoms with Gasteiger partial charge in [-0.3, -0.25) is 4.79 Å². The Kier molecular flexibility index (Phi) is 4.68. The van der Waals surface area contributed by atoms with Crippen LogP contribution in [0.1, 0.15) is 17.5 Å². The molecule has 0 saturated carbocycles. The molecule has 19 heavy (non-hydrogen) atoms. The summed E-state index contributed by atoms with van der Waals surface area (Å²) in [6.07, 6.45) is 2.85. The predicted molar refractivity (Wildman–Crippen MR) is 80.1 cm³/mol. The fourth-order valence-corrected chi connectivity index (χ4v) is 1.92. The average molecular weight is 319 g/mol. The smallest absolute Gasteiger partial charge is 0.224 e. The number of nitrogens with one attached hydrogen (secondary N) is 1. The third-order valence-electron chi connectivity index (χ3n) is 2.77. The van der Waals surface area contributed by atoms with Crippen molar-refractivity contribution in [3.05, 3.63) is 58.3 Å². The number of hydrogen-bond acceptors (Lipinski definition) is 2. The molecule has 1 amide bonds. The van der Waals surface area contributed by atoms with Crippen molar-refractivity contribution in [3.63, 3.8) is 0 Å². The molecule has 0 aliphatic heterocycles. The Morgan fingerprint density at radius 2 is 1.95 bits per heavy atom. The molecule has 2 rings (SSSR count). The first-order valence-electron chi connectivity index (χ1n) is 6.10. The fourth-order valence-electron chi connectivity index (χ4n) is 1.69. The van der Waals surface area contributed by atoms with Gasteiger partial charge in [0.25, 0.3) is 0 Å². The zero-order valence-electron chi connectivity index (χ0n) is 10.7. The Labute approximate surface area is 121 Å². The minimum atomic E-state index is 0.00435. The van der Waals surface area contributed by atoms with E-state index in [4.69, 9.17) is 0 Å². The monoisotopic (exact) mass is 318 g/mol. The van der Waals surface area contributed by atoms with Crippen LogP contribution in [0.3, 0.4) is 0 Å². The summed E-state index contributed by atoms with van der Waals surface area (Å²) in [6.45, 7) is 2.05. The number of halogens is 1. The van der Waals surface area contributed by atoms with Crippen LogP contribution in [0.2, 0.25) is 0 Å². The van der Waals surface area contributed by atoms with Gasteiger partial charge in [-0.25, -0.2) is 4.98 Å². The van der Waals surface area contributed by atoms with Gasteiger partial charge in [-0.05, 0) is 47.0 Å². The van der Waals surface area contributed by atoms with Crippen molar-refractivity contribution in [2.24, 2.45) is 0 Å². The number of nitrogens with zero attached hydrogens (tertiary/aromatic N) is 1. The molecule has 98 valence electrons. The van der Waals surface area contributed by atoms with E-state index in [0.29, 0.717) is 6.42 Å². The van der Waals surface area contributed by atoms with Gasteiger partial charge in [0.2, 0.25) is 5.91 Å². The molecular formula is C15H15BrN2O. The van der Waals surface area contributed by atoms with E-state index in [2.05, 4.69) is 57.4 Å². The minimum absolute atomic E-state index is 0.00435. The lowest BCUT2D eigenvalue weighted by atomic mass is 10.1. The molecule has 1 heterocycles. The van der Waals surface area contributed by atoms with Gasteiger partial charge in [-0.2, -0.15) is 0 Å². The van der Waals surface area contributed by atoms with Crippen molar-refractivity contribution in [1.29, 1.82) is 0 Å². The molecule has 0 fully saturated rings. The molecule has 1 N–H and O–H groups in total. The number of carbonyl (C=O) groups excluding carboxylic acids is 1. The molecule has 1 aromatic carbocycles. The Morgan fingerprint density at radius 3 is 2.58 bits per heavy atom. The fraction of sp³-hybridized carbons (Fsp3) is 0.200. The van der Waals surface area contributed by atoms with Crippen molar-refractivity contribution in [3.8, 4) is 0 Å². The van der Waals surface area contributed by atoms with Gasteiger partial charge in [0, 0.05) is 6.42 Å². The predicted octanol–water partition coefficient (Wildman–Crippen LogP) is 3.72. The summed E-state index contributed by atoms with van der Waals surface area (Å²) in [4.78, 5) is 15.8. The molecule has 0 radical (unpaired) electrons. The lowest BCUT2D eigenvalue weighted by molar-refractivity contribution is -0.116. The molecule has 1 aromatic heterocycles. The molecule has 0 aliphatic rings. The van der Waals surface area contributed by atoms with E-state index >= 15 is 0 Å². The summed E-state index contributed by atoms with van der Waals surface area (Å²) in [7, 11) is 0. The number of amides is 1. The van der Waals surface area contributed by atoms with Crippen molar-refractivity contribution in [1.82, 2.24) is 4.98 Å². The highest BCUT2D eigenvalue weighted by Crippen LogP contribution is 2.11. The van der Waals surface area contributed by atoms with Crippen LogP contribution in [0.25, 0.3) is 0 Å². The highest BCUT2D eigenvalue weighted by molar-refractivity contribution is 9.10. The first-order chi connectivity index (χ1) is 9.13. The van der Waals surface area contributed by atoms with Gasteiger partial charge in [-0.1, -0.05) is 29.8 Å². The summed E-state index contributed by atoms with van der Waals surface area (Å²) >= 11 is 3.25. The first-order valence-corrected chi connectivity index (χ1v) is 6.90. The van der Waals surface area contributed by atoms with Gasteiger partial charge in [0.05, 0.1) is 11.9 Å². The second-order valence-corrected chi connectivity index (χ2v) is 5.22. The van der Waals surface area contributed by atoms with Gasteiger partial charge in [0.1, 0.15) is 4.60 Å². The Morgan fingerprint density at radius 1 is 1.21 bits per heavy atom. The minimum Gasteiger partial charge on any atom is -0.325 e. The molecule has 3 nitrogen and oxygen atoms in total. The van der Waals surface area contributed by atoms with Crippen molar-refractivity contribution in [2.75, 3.05) is 5.32 Å². The Hall–Kier alpha value is -1.68. The summed E-state index contributed by atoms with van der Waals surface area (Å²) in [6, 6.07) is 11.9. The number of rotatable bonds is 4. The highest BCUT2D eigenvalue weighted by atomic mass is 79.9. The summed E-state index contributed by atoms with van der Waals surface area (Å²) in [5.41, 5.74) is 3.13. The molecule has 0 aliphatic carbocycles. The topological polar surface area (TPSA) is 42.0 Å². The Balaban J connectivity index is 1.84. The average Bonchev–Trinajstić information content (AvgIpc) is 2.41. The largest absolute Gasteiger partial charge is 0.325 e. The van der Waals surface area contributed by atoms with E-state index in [0.717, 1.165) is 16.7 Å². The number of pyridine rings is 1. The van der Waals surface area contributed by atoms with E-state index < -0.39 is 0 Å². The molecule has 0 atom stereocenters. The van der Waals surface area contributed by atoms with Crippen molar-refractivity contribution in [2.45, 2.75) is 19.8 Å². The number of hydrogen-bond donors (Lipinski definition) is 1. The number of carbonyl (C=O) groups is 1. The Bertz CT molecular complexity index is 549. The zero-order chi connectivity index (χ0) is 13.7. The van der Waals surface area contributed by atoms with Crippen LogP contribution in [-0.2, 0) is 11.2 Å². The number of anilines is 1. The SMILES string of the molecule is Cc1ccc(CCC(=O)Nc2ccc(Br)nc2)cc1. The van der Waals surface area contributed by atoms with E-state index in [1.165, 1.54) is 11.1 Å². The van der Waals surface area contributed by atoms with Gasteiger partial charge in [0.15, 0.2) is 0 Å². The maximum absolute atomic E-state index is 11.8. The first kappa shape index (κ1) is 13.7. The van der Waals surface area contributed by atoms with E-state index in [1.807, 2.05) is 6.07 Å². The second kappa shape index (κ2) is 6.48. The third kappa shape index (κ3) is 4.48. The lowest BCUT2D eigenvalue weighted by Gasteiger charge is -2.05. The summed E-state index contributed by atoms with van der Waals surface area (Å²) in [5.74, 6) is 0.00435. The van der Waals surface area contributed by atoms with E-state index in [9.17, 15) is 4.79 Å². The van der Waals surface area contributed by atoms with Crippen molar-refractivity contribution >= 4 is 27.5 Å². The van der Waals surface area contributed by atoms with Crippen LogP contribution < -0.4 is 5.32 Å². The standard InChI is InChI=1S/C15H15BrN2O/c1-11-2-4-12(5-3-11)6-9-15(19)18-13-7-8-14(16)17-10-13/h2-5,7-8,10H,6,9H2,1H3,(H,18,19). The van der Waals surface area contributed by atoms with Gasteiger partial charge < -0.3 is 5.32 Å². The normalized spacial score (nSPS) is 10.2. The lowest BCUT2D eigenvalue weighted by Crippen LogP contribution is -2.12. The van der Waals surface area contributed by atoms with E-state index in [-0.39, 0.29) is 5.91 Å². The molecule has 0 saturated heterocycles. The third-order valence-corrected chi connectivity index (χ3v) is 3.24.